The quantitative estimate of drug-likeness (QED) is 0.917. The highest BCUT2D eigenvalue weighted by molar-refractivity contribution is 5.73. The van der Waals surface area contributed by atoms with Crippen LogP contribution in [0, 0.1) is 5.82 Å². The zero-order valence-corrected chi connectivity index (χ0v) is 12.2. The molecule has 0 saturated carbocycles. The highest BCUT2D eigenvalue weighted by Crippen LogP contribution is 2.25. The van der Waals surface area contributed by atoms with Crippen LogP contribution in [0.4, 0.5) is 4.39 Å². The molecule has 1 unspecified atom stereocenters. The van der Waals surface area contributed by atoms with E-state index >= 15 is 0 Å². The molecule has 1 heterocycles. The number of rotatable bonds is 5. The summed E-state index contributed by atoms with van der Waals surface area (Å²) in [5, 5.41) is 14.6. The molecule has 21 heavy (non-hydrogen) atoms. The molecule has 2 rings (SSSR count). The van der Waals surface area contributed by atoms with Crippen LogP contribution in [-0.4, -0.2) is 38.7 Å². The minimum Gasteiger partial charge on any atom is -0.384 e. The van der Waals surface area contributed by atoms with Gasteiger partial charge in [-0.2, -0.15) is 5.10 Å². The molecule has 0 aliphatic heterocycles. The Morgan fingerprint density at radius 3 is 2.57 bits per heavy atom. The first kappa shape index (κ1) is 15.3. The summed E-state index contributed by atoms with van der Waals surface area (Å²) in [5.74, 6) is -0.313. The Kier molecular flexibility index (Phi) is 4.50. The monoisotopic (exact) mass is 291 g/mol. The van der Waals surface area contributed by atoms with Gasteiger partial charge in [-0.1, -0.05) is 12.1 Å². The molecule has 112 valence electrons. The van der Waals surface area contributed by atoms with Crippen molar-refractivity contribution < 1.29 is 14.2 Å². The average molecular weight is 291 g/mol. The molecule has 1 atom stereocenters. The lowest BCUT2D eigenvalue weighted by Crippen LogP contribution is -2.40. The van der Waals surface area contributed by atoms with E-state index in [1.807, 2.05) is 0 Å². The second kappa shape index (κ2) is 6.15. The van der Waals surface area contributed by atoms with Gasteiger partial charge in [-0.05, 0) is 37.6 Å². The fourth-order valence-corrected chi connectivity index (χ4v) is 1.81. The number of aliphatic hydroxyl groups is 1. The van der Waals surface area contributed by atoms with Crippen LogP contribution in [0.3, 0.4) is 0 Å². The number of hydrogen-bond donors (Lipinski definition) is 1. The summed E-state index contributed by atoms with van der Waals surface area (Å²) in [5.41, 5.74) is 0.427. The van der Waals surface area contributed by atoms with Crippen molar-refractivity contribution in [3.63, 3.8) is 0 Å². The largest absolute Gasteiger partial charge is 0.384 e. The minimum atomic E-state index is -0.936. The van der Waals surface area contributed by atoms with Crippen LogP contribution >= 0.6 is 0 Å². The number of aliphatic hydroxyl groups excluding tert-OH is 1. The first-order valence-corrected chi connectivity index (χ1v) is 6.49. The predicted molar refractivity (Wildman–Crippen MR) is 77.7 cm³/mol. The van der Waals surface area contributed by atoms with Crippen molar-refractivity contribution in [2.45, 2.75) is 25.6 Å². The van der Waals surface area contributed by atoms with Crippen molar-refractivity contribution >= 4 is 11.8 Å². The second-order valence-electron chi connectivity index (χ2n) is 5.17. The predicted octanol–water partition coefficient (Wildman–Crippen LogP) is 2.20. The maximum atomic E-state index is 13.0. The molecule has 6 heteroatoms. The highest BCUT2D eigenvalue weighted by atomic mass is 19.1. The van der Waals surface area contributed by atoms with Crippen LogP contribution < -0.4 is 0 Å². The normalized spacial score (nSPS) is 14.2. The summed E-state index contributed by atoms with van der Waals surface area (Å²) in [6.07, 6.45) is 3.66. The Balaban J connectivity index is 2.44. The molecule has 0 saturated heterocycles. The summed E-state index contributed by atoms with van der Waals surface area (Å²) < 4.78 is 19.8. The molecule has 1 aromatic heterocycles. The third-order valence-electron chi connectivity index (χ3n) is 3.33. The van der Waals surface area contributed by atoms with E-state index in [-0.39, 0.29) is 5.82 Å². The first-order chi connectivity index (χ1) is 9.94. The number of methoxy groups -OCH3 is 1. The molecule has 2 aromatic rings. The van der Waals surface area contributed by atoms with Crippen LogP contribution in [0.25, 0.3) is 11.8 Å². The van der Waals surface area contributed by atoms with Crippen LogP contribution in [0.1, 0.15) is 19.4 Å². The Labute approximate surface area is 122 Å². The van der Waals surface area contributed by atoms with E-state index in [9.17, 15) is 9.50 Å². The molecular formula is C15H18FN3O2. The molecule has 0 radical (unpaired) electrons. The Morgan fingerprint density at radius 1 is 1.38 bits per heavy atom. The van der Waals surface area contributed by atoms with Gasteiger partial charge in [0, 0.05) is 7.11 Å². The number of nitrogens with zero attached hydrogens (tertiary/aromatic N) is 3. The maximum absolute atomic E-state index is 13.0. The molecule has 0 bridgehead atoms. The molecule has 1 aromatic carbocycles. The van der Waals surface area contributed by atoms with E-state index in [2.05, 4.69) is 10.1 Å². The van der Waals surface area contributed by atoms with Crippen molar-refractivity contribution in [1.82, 2.24) is 14.8 Å². The topological polar surface area (TPSA) is 60.2 Å². The third-order valence-corrected chi connectivity index (χ3v) is 3.33. The standard InChI is InChI=1S/C15H18FN3O2/c1-15(2,21-3)14(20)13(19-10-17-9-18-19)8-11-4-6-12(16)7-5-11/h4-10,14,20H,1-3H3. The SMILES string of the molecule is COC(C)(C)C(O)C(=Cc1ccc(F)cc1)n1cncn1. The van der Waals surface area contributed by atoms with Crippen molar-refractivity contribution in [3.8, 4) is 0 Å². The molecular weight excluding hydrogens is 273 g/mol. The average Bonchev–Trinajstić information content (AvgIpc) is 3.00. The van der Waals surface area contributed by atoms with E-state index < -0.39 is 11.7 Å². The first-order valence-electron chi connectivity index (χ1n) is 6.49. The van der Waals surface area contributed by atoms with Crippen LogP contribution in [0.2, 0.25) is 0 Å². The summed E-state index contributed by atoms with van der Waals surface area (Å²) in [7, 11) is 1.53. The fraction of sp³-hybridized carbons (Fsp3) is 0.333. The summed E-state index contributed by atoms with van der Waals surface area (Å²) in [4.78, 5) is 3.89. The Bertz CT molecular complexity index is 606. The summed E-state index contributed by atoms with van der Waals surface area (Å²) in [6, 6.07) is 5.97. The lowest BCUT2D eigenvalue weighted by Gasteiger charge is -2.30. The maximum Gasteiger partial charge on any atom is 0.138 e. The van der Waals surface area contributed by atoms with Gasteiger partial charge in [0.25, 0.3) is 0 Å². The number of aromatic nitrogens is 3. The van der Waals surface area contributed by atoms with Gasteiger partial charge in [-0.15, -0.1) is 0 Å². The molecule has 0 spiro atoms. The number of hydrogen-bond acceptors (Lipinski definition) is 4. The lowest BCUT2D eigenvalue weighted by molar-refractivity contribution is -0.0539. The van der Waals surface area contributed by atoms with E-state index in [1.54, 1.807) is 32.1 Å². The van der Waals surface area contributed by atoms with Crippen LogP contribution in [-0.2, 0) is 4.74 Å². The number of ether oxygens (including phenoxy) is 1. The highest BCUT2D eigenvalue weighted by Gasteiger charge is 2.32. The van der Waals surface area contributed by atoms with E-state index in [4.69, 9.17) is 4.74 Å². The van der Waals surface area contributed by atoms with Crippen LogP contribution in [0.5, 0.6) is 0 Å². The molecule has 1 N–H and O–H groups in total. The summed E-state index contributed by atoms with van der Waals surface area (Å²) in [6.45, 7) is 3.54. The molecule has 5 nitrogen and oxygen atoms in total. The smallest absolute Gasteiger partial charge is 0.138 e. The van der Waals surface area contributed by atoms with Crippen molar-refractivity contribution in [2.24, 2.45) is 0 Å². The number of halogens is 1. The van der Waals surface area contributed by atoms with E-state index in [0.717, 1.165) is 5.56 Å². The van der Waals surface area contributed by atoms with Crippen molar-refractivity contribution in [1.29, 1.82) is 0 Å². The molecule has 0 aliphatic rings. The summed E-state index contributed by atoms with van der Waals surface area (Å²) >= 11 is 0. The molecule has 0 amide bonds. The van der Waals surface area contributed by atoms with E-state index in [1.165, 1.54) is 36.6 Å². The second-order valence-corrected chi connectivity index (χ2v) is 5.17. The van der Waals surface area contributed by atoms with Gasteiger partial charge in [0.2, 0.25) is 0 Å². The van der Waals surface area contributed by atoms with Gasteiger partial charge in [0.1, 0.15) is 24.6 Å². The zero-order valence-electron chi connectivity index (χ0n) is 12.2. The van der Waals surface area contributed by atoms with Gasteiger partial charge in [0.05, 0.1) is 11.3 Å². The van der Waals surface area contributed by atoms with Crippen LogP contribution in [0.15, 0.2) is 36.9 Å². The van der Waals surface area contributed by atoms with Gasteiger partial charge in [0.15, 0.2) is 0 Å². The van der Waals surface area contributed by atoms with Gasteiger partial charge < -0.3 is 9.84 Å². The van der Waals surface area contributed by atoms with Gasteiger partial charge in [-0.3, -0.25) is 0 Å². The Morgan fingerprint density at radius 2 is 2.05 bits per heavy atom. The van der Waals surface area contributed by atoms with Gasteiger partial charge in [-0.25, -0.2) is 14.1 Å². The fourth-order valence-electron chi connectivity index (χ4n) is 1.81. The van der Waals surface area contributed by atoms with Crippen molar-refractivity contribution in [2.75, 3.05) is 7.11 Å². The Hall–Kier alpha value is -2.05. The van der Waals surface area contributed by atoms with E-state index in [0.29, 0.717) is 5.70 Å². The number of benzene rings is 1. The third kappa shape index (κ3) is 3.53. The molecule has 0 aliphatic carbocycles. The minimum absolute atomic E-state index is 0.313. The van der Waals surface area contributed by atoms with Gasteiger partial charge >= 0.3 is 0 Å². The van der Waals surface area contributed by atoms with Crippen molar-refractivity contribution in [3.05, 3.63) is 48.3 Å². The zero-order chi connectivity index (χ0) is 15.5. The molecule has 0 fully saturated rings. The lowest BCUT2D eigenvalue weighted by atomic mass is 9.97.